The minimum atomic E-state index is -0.975. The number of fused-ring (bicyclic) bond motifs is 3. The Bertz CT molecular complexity index is 616. The van der Waals surface area contributed by atoms with Crippen LogP contribution in [0.1, 0.15) is 40.0 Å². The fraction of sp³-hybridized carbons (Fsp3) is 0.765. The molecule has 4 aliphatic heterocycles. The van der Waals surface area contributed by atoms with Crippen LogP contribution in [0.25, 0.3) is 0 Å². The normalized spacial score (nSPS) is 49.9. The summed E-state index contributed by atoms with van der Waals surface area (Å²) in [6.45, 7) is 9.02. The predicted molar refractivity (Wildman–Crippen MR) is 79.3 cm³/mol. The van der Waals surface area contributed by atoms with Gasteiger partial charge in [0.25, 0.3) is 0 Å². The summed E-state index contributed by atoms with van der Waals surface area (Å²) < 4.78 is 17.2. The summed E-state index contributed by atoms with van der Waals surface area (Å²) in [6.07, 6.45) is 0.417. The lowest BCUT2D eigenvalue weighted by atomic mass is 9.73. The average molecular weight is 338 g/mol. The Morgan fingerprint density at radius 2 is 2.08 bits per heavy atom. The van der Waals surface area contributed by atoms with Crippen LogP contribution >= 0.6 is 0 Å². The molecule has 7 atom stereocenters. The largest absolute Gasteiger partial charge is 0.459 e. The van der Waals surface area contributed by atoms with E-state index in [1.165, 1.54) is 6.92 Å². The van der Waals surface area contributed by atoms with E-state index in [4.69, 9.17) is 24.0 Å². The molecule has 0 aromatic rings. The van der Waals surface area contributed by atoms with Gasteiger partial charge in [-0.25, -0.2) is 14.6 Å². The van der Waals surface area contributed by atoms with Crippen LogP contribution in [-0.2, 0) is 33.6 Å². The third-order valence-corrected chi connectivity index (χ3v) is 5.87. The van der Waals surface area contributed by atoms with Crippen LogP contribution in [0, 0.1) is 11.8 Å². The van der Waals surface area contributed by atoms with Crippen LogP contribution in [0.3, 0.4) is 0 Å². The van der Waals surface area contributed by atoms with E-state index in [1.54, 1.807) is 6.92 Å². The molecule has 7 heteroatoms. The Hall–Kier alpha value is -1.44. The zero-order chi connectivity index (χ0) is 17.3. The van der Waals surface area contributed by atoms with Crippen LogP contribution in [0.2, 0.25) is 0 Å². The van der Waals surface area contributed by atoms with E-state index < -0.39 is 17.5 Å². The highest BCUT2D eigenvalue weighted by Gasteiger charge is 2.68. The molecule has 7 nitrogen and oxygen atoms in total. The van der Waals surface area contributed by atoms with E-state index in [2.05, 4.69) is 6.58 Å². The quantitative estimate of drug-likeness (QED) is 0.408. The first kappa shape index (κ1) is 16.1. The van der Waals surface area contributed by atoms with Gasteiger partial charge < -0.3 is 14.2 Å². The van der Waals surface area contributed by atoms with Gasteiger partial charge in [-0.15, -0.1) is 0 Å². The van der Waals surface area contributed by atoms with E-state index in [0.717, 1.165) is 0 Å². The first-order chi connectivity index (χ1) is 11.2. The van der Waals surface area contributed by atoms with Crippen molar-refractivity contribution in [3.05, 3.63) is 12.2 Å². The lowest BCUT2D eigenvalue weighted by Gasteiger charge is -2.58. The van der Waals surface area contributed by atoms with Gasteiger partial charge in [0.2, 0.25) is 5.79 Å². The lowest BCUT2D eigenvalue weighted by Crippen LogP contribution is -2.72. The fourth-order valence-electron chi connectivity index (χ4n) is 4.69. The zero-order valence-electron chi connectivity index (χ0n) is 14.1. The van der Waals surface area contributed by atoms with Gasteiger partial charge in [0.05, 0.1) is 6.10 Å². The Morgan fingerprint density at radius 1 is 1.33 bits per heavy atom. The van der Waals surface area contributed by atoms with Crippen molar-refractivity contribution in [3.8, 4) is 0 Å². The van der Waals surface area contributed by atoms with Crippen molar-refractivity contribution < 1.29 is 33.6 Å². The van der Waals surface area contributed by atoms with E-state index in [0.29, 0.717) is 24.8 Å². The molecule has 1 spiro atoms. The second-order valence-corrected chi connectivity index (χ2v) is 7.51. The van der Waals surface area contributed by atoms with E-state index in [-0.39, 0.29) is 36.0 Å². The van der Waals surface area contributed by atoms with Gasteiger partial charge in [0.1, 0.15) is 12.2 Å². The molecule has 5 aliphatic rings. The van der Waals surface area contributed by atoms with E-state index >= 15 is 0 Å². The monoisotopic (exact) mass is 338 g/mol. The van der Waals surface area contributed by atoms with Crippen LogP contribution in [0.15, 0.2) is 12.2 Å². The molecule has 5 rings (SSSR count). The molecular weight excluding hydrogens is 316 g/mol. The van der Waals surface area contributed by atoms with Crippen molar-refractivity contribution in [2.45, 2.75) is 69.7 Å². The first-order valence-corrected chi connectivity index (χ1v) is 8.37. The maximum atomic E-state index is 11.9. The number of rotatable bonds is 1. The van der Waals surface area contributed by atoms with Gasteiger partial charge in [-0.2, -0.15) is 0 Å². The molecule has 1 aliphatic carbocycles. The van der Waals surface area contributed by atoms with Gasteiger partial charge >= 0.3 is 11.9 Å². The minimum absolute atomic E-state index is 0.0922. The molecule has 0 N–H and O–H groups in total. The molecular formula is C17H22O7. The summed E-state index contributed by atoms with van der Waals surface area (Å²) in [5.74, 6) is -1.88. The second-order valence-electron chi connectivity index (χ2n) is 7.51. The summed E-state index contributed by atoms with van der Waals surface area (Å²) in [5, 5.41) is 0. The lowest BCUT2D eigenvalue weighted by molar-refractivity contribution is -0.571. The number of carbonyl (C=O) groups excluding carboxylic acids is 2. The number of hydrogen-bond acceptors (Lipinski definition) is 7. The molecule has 0 radical (unpaired) electrons. The molecule has 132 valence electrons. The van der Waals surface area contributed by atoms with Crippen molar-refractivity contribution in [1.29, 1.82) is 0 Å². The number of ether oxygens (including phenoxy) is 3. The van der Waals surface area contributed by atoms with Crippen LogP contribution in [0.4, 0.5) is 0 Å². The molecule has 0 aromatic heterocycles. The maximum Gasteiger partial charge on any atom is 0.334 e. The predicted octanol–water partition coefficient (Wildman–Crippen LogP) is 1.65. The Balaban J connectivity index is 1.73. The smallest absolute Gasteiger partial charge is 0.334 e. The third-order valence-electron chi connectivity index (χ3n) is 5.87. The van der Waals surface area contributed by atoms with Crippen molar-refractivity contribution in [2.75, 3.05) is 0 Å². The zero-order valence-corrected chi connectivity index (χ0v) is 14.1. The van der Waals surface area contributed by atoms with Crippen LogP contribution in [0.5, 0.6) is 0 Å². The molecule has 4 saturated heterocycles. The number of hydrogen-bond donors (Lipinski definition) is 0. The SMILES string of the molecule is C=C1C(=O)O[C@@H]2CC(C)C34OOC(C)(CC3OC(C)=O)OC4C[C@H]12. The highest BCUT2D eigenvalue weighted by Crippen LogP contribution is 2.55. The summed E-state index contributed by atoms with van der Waals surface area (Å²) in [7, 11) is 0. The first-order valence-electron chi connectivity index (χ1n) is 8.37. The van der Waals surface area contributed by atoms with Crippen molar-refractivity contribution in [2.24, 2.45) is 11.8 Å². The maximum absolute atomic E-state index is 11.9. The summed E-state index contributed by atoms with van der Waals surface area (Å²) in [4.78, 5) is 34.8. The fourth-order valence-corrected chi connectivity index (χ4v) is 4.69. The molecule has 24 heavy (non-hydrogen) atoms. The number of carbonyl (C=O) groups is 2. The topological polar surface area (TPSA) is 80.3 Å². The van der Waals surface area contributed by atoms with Gasteiger partial charge in [0.15, 0.2) is 5.60 Å². The van der Waals surface area contributed by atoms with Gasteiger partial charge in [-0.3, -0.25) is 4.79 Å². The van der Waals surface area contributed by atoms with Crippen LogP contribution < -0.4 is 0 Å². The standard InChI is InChI=1S/C17H22O7/c1-8-5-12-11(9(2)15(19)21-12)6-13-17(8)14(20-10(3)18)7-16(4,22-13)23-24-17/h8,11-14H,2,5-7H2,1,3-4H3/t8?,11-,12-,13?,14?,16?,17?/m1/s1. The van der Waals surface area contributed by atoms with Crippen molar-refractivity contribution in [3.63, 3.8) is 0 Å². The molecule has 1 saturated carbocycles. The summed E-state index contributed by atoms with van der Waals surface area (Å²) in [5.41, 5.74) is -0.426. The average Bonchev–Trinajstić information content (AvgIpc) is 2.67. The minimum Gasteiger partial charge on any atom is -0.459 e. The Labute approximate surface area is 140 Å². The van der Waals surface area contributed by atoms with Gasteiger partial charge in [-0.05, 0) is 25.7 Å². The van der Waals surface area contributed by atoms with E-state index in [1.807, 2.05) is 6.92 Å². The molecule has 5 unspecified atom stereocenters. The number of esters is 2. The van der Waals surface area contributed by atoms with E-state index in [9.17, 15) is 9.59 Å². The Morgan fingerprint density at radius 3 is 2.79 bits per heavy atom. The highest BCUT2D eigenvalue weighted by atomic mass is 17.3. The molecule has 0 amide bonds. The molecule has 5 fully saturated rings. The van der Waals surface area contributed by atoms with Gasteiger partial charge in [-0.1, -0.05) is 13.5 Å². The van der Waals surface area contributed by atoms with Crippen LogP contribution in [-0.4, -0.2) is 41.6 Å². The summed E-state index contributed by atoms with van der Waals surface area (Å²) in [6, 6.07) is 0. The van der Waals surface area contributed by atoms with Crippen molar-refractivity contribution in [1.82, 2.24) is 0 Å². The molecule has 4 heterocycles. The van der Waals surface area contributed by atoms with Gasteiger partial charge in [0, 0.05) is 24.8 Å². The third kappa shape index (κ3) is 2.08. The molecule has 0 aromatic carbocycles. The second kappa shape index (κ2) is 5.03. The Kier molecular flexibility index (Phi) is 3.37. The summed E-state index contributed by atoms with van der Waals surface area (Å²) >= 11 is 0. The highest BCUT2D eigenvalue weighted by molar-refractivity contribution is 5.90. The molecule has 2 bridgehead atoms. The van der Waals surface area contributed by atoms with Crippen molar-refractivity contribution >= 4 is 11.9 Å².